The highest BCUT2D eigenvalue weighted by atomic mass is 32.1. The molecule has 1 aromatic heterocycles. The lowest BCUT2D eigenvalue weighted by Gasteiger charge is -2.05. The Hall–Kier alpha value is -1.95. The Labute approximate surface area is 115 Å². The van der Waals surface area contributed by atoms with Crippen molar-refractivity contribution in [2.45, 2.75) is 13.8 Å². The number of hydrogen-bond acceptors (Lipinski definition) is 6. The molecule has 2 rings (SSSR count). The minimum atomic E-state index is -0.394. The number of carbonyl (C=O) groups excluding carboxylic acids is 1. The maximum atomic E-state index is 11.8. The van der Waals surface area contributed by atoms with Crippen molar-refractivity contribution >= 4 is 17.5 Å². The van der Waals surface area contributed by atoms with Gasteiger partial charge in [0, 0.05) is 5.56 Å². The van der Waals surface area contributed by atoms with E-state index < -0.39 is 5.97 Å². The van der Waals surface area contributed by atoms with Gasteiger partial charge in [0.1, 0.15) is 11.4 Å². The number of nitrogens with zero attached hydrogens (tertiary/aromatic N) is 2. The molecule has 1 aromatic carbocycles. The summed E-state index contributed by atoms with van der Waals surface area (Å²) in [5, 5.41) is 4.00. The Bertz CT molecular complexity index is 569. The molecule has 2 aromatic rings. The smallest absolute Gasteiger partial charge is 0.352 e. The van der Waals surface area contributed by atoms with Gasteiger partial charge in [0.25, 0.3) is 0 Å². The van der Waals surface area contributed by atoms with Crippen LogP contribution in [-0.2, 0) is 4.74 Å². The molecule has 5 nitrogen and oxygen atoms in total. The van der Waals surface area contributed by atoms with E-state index in [1.54, 1.807) is 6.92 Å². The summed E-state index contributed by atoms with van der Waals surface area (Å²) in [5.41, 5.74) is 1.33. The fraction of sp³-hybridized carbons (Fsp3) is 0.308. The van der Waals surface area contributed by atoms with E-state index in [4.69, 9.17) is 9.47 Å². The topological polar surface area (TPSA) is 61.3 Å². The molecule has 0 radical (unpaired) electrons. The minimum Gasteiger partial charge on any atom is -0.494 e. The van der Waals surface area contributed by atoms with Crippen LogP contribution in [0, 0.1) is 0 Å². The van der Waals surface area contributed by atoms with Gasteiger partial charge in [-0.1, -0.05) is 16.6 Å². The van der Waals surface area contributed by atoms with Gasteiger partial charge in [0.05, 0.1) is 13.2 Å². The first-order valence-corrected chi connectivity index (χ1v) is 6.76. The SMILES string of the molecule is CCOC(=O)c1snnc1-c1cccc(OCC)c1. The van der Waals surface area contributed by atoms with Crippen LogP contribution in [0.25, 0.3) is 11.3 Å². The van der Waals surface area contributed by atoms with Crippen LogP contribution < -0.4 is 4.74 Å². The fourth-order valence-electron chi connectivity index (χ4n) is 1.61. The van der Waals surface area contributed by atoms with Crippen LogP contribution in [0.2, 0.25) is 0 Å². The lowest BCUT2D eigenvalue weighted by atomic mass is 10.1. The Kier molecular flexibility index (Phi) is 4.46. The highest BCUT2D eigenvalue weighted by molar-refractivity contribution is 7.08. The van der Waals surface area contributed by atoms with Crippen LogP contribution in [0.5, 0.6) is 5.75 Å². The molecule has 100 valence electrons. The van der Waals surface area contributed by atoms with E-state index in [-0.39, 0.29) is 0 Å². The number of aromatic nitrogens is 2. The third-order valence-corrected chi connectivity index (χ3v) is 3.07. The number of carbonyl (C=O) groups is 1. The summed E-state index contributed by atoms with van der Waals surface area (Å²) in [4.78, 5) is 12.2. The minimum absolute atomic E-state index is 0.329. The van der Waals surface area contributed by atoms with Crippen molar-refractivity contribution in [2.24, 2.45) is 0 Å². The largest absolute Gasteiger partial charge is 0.494 e. The zero-order chi connectivity index (χ0) is 13.7. The molecule has 1 heterocycles. The Morgan fingerprint density at radius 1 is 1.32 bits per heavy atom. The Balaban J connectivity index is 2.34. The predicted octanol–water partition coefficient (Wildman–Crippen LogP) is 2.78. The highest BCUT2D eigenvalue weighted by Gasteiger charge is 2.19. The van der Waals surface area contributed by atoms with E-state index in [2.05, 4.69) is 9.59 Å². The lowest BCUT2D eigenvalue weighted by Crippen LogP contribution is -2.04. The van der Waals surface area contributed by atoms with E-state index in [1.165, 1.54) is 0 Å². The maximum Gasteiger partial charge on any atom is 0.352 e. The van der Waals surface area contributed by atoms with Crippen molar-refractivity contribution in [3.63, 3.8) is 0 Å². The first-order chi connectivity index (χ1) is 9.26. The van der Waals surface area contributed by atoms with Crippen molar-refractivity contribution in [2.75, 3.05) is 13.2 Å². The normalized spacial score (nSPS) is 10.2. The van der Waals surface area contributed by atoms with Gasteiger partial charge in [-0.3, -0.25) is 0 Å². The quantitative estimate of drug-likeness (QED) is 0.787. The molecule has 19 heavy (non-hydrogen) atoms. The lowest BCUT2D eigenvalue weighted by molar-refractivity contribution is 0.0532. The third-order valence-electron chi connectivity index (χ3n) is 2.37. The summed E-state index contributed by atoms with van der Waals surface area (Å²) in [5.74, 6) is 0.345. The third kappa shape index (κ3) is 3.08. The average molecular weight is 278 g/mol. The molecule has 6 heteroatoms. The van der Waals surface area contributed by atoms with Crippen LogP contribution >= 0.6 is 11.5 Å². The van der Waals surface area contributed by atoms with Gasteiger partial charge in [-0.25, -0.2) is 4.79 Å². The molecule has 0 aliphatic carbocycles. The van der Waals surface area contributed by atoms with E-state index in [0.717, 1.165) is 22.8 Å². The Morgan fingerprint density at radius 2 is 2.16 bits per heavy atom. The second-order valence-electron chi connectivity index (χ2n) is 3.63. The number of hydrogen-bond donors (Lipinski definition) is 0. The molecular weight excluding hydrogens is 264 g/mol. The number of rotatable bonds is 5. The standard InChI is InChI=1S/C13H14N2O3S/c1-3-17-10-7-5-6-9(8-10)11-12(19-15-14-11)13(16)18-4-2/h5-8H,3-4H2,1-2H3. The van der Waals surface area contributed by atoms with Gasteiger partial charge in [-0.05, 0) is 37.5 Å². The first-order valence-electron chi connectivity index (χ1n) is 5.99. The second-order valence-corrected chi connectivity index (χ2v) is 4.39. The number of esters is 1. The van der Waals surface area contributed by atoms with E-state index >= 15 is 0 Å². The Morgan fingerprint density at radius 3 is 2.89 bits per heavy atom. The first kappa shape index (κ1) is 13.5. The average Bonchev–Trinajstić information content (AvgIpc) is 2.89. The van der Waals surface area contributed by atoms with E-state index in [1.807, 2.05) is 31.2 Å². The summed E-state index contributed by atoms with van der Waals surface area (Å²) in [6.45, 7) is 4.60. The monoisotopic (exact) mass is 278 g/mol. The molecule has 0 saturated carbocycles. The predicted molar refractivity (Wildman–Crippen MR) is 72.5 cm³/mol. The van der Waals surface area contributed by atoms with Crippen LogP contribution in [0.15, 0.2) is 24.3 Å². The maximum absolute atomic E-state index is 11.8. The molecule has 0 spiro atoms. The van der Waals surface area contributed by atoms with Crippen molar-refractivity contribution in [1.29, 1.82) is 0 Å². The number of ether oxygens (including phenoxy) is 2. The van der Waals surface area contributed by atoms with Gasteiger partial charge in [-0.15, -0.1) is 5.10 Å². The molecule has 0 N–H and O–H groups in total. The van der Waals surface area contributed by atoms with Gasteiger partial charge < -0.3 is 9.47 Å². The molecular formula is C13H14N2O3S. The summed E-state index contributed by atoms with van der Waals surface area (Å²) >= 11 is 1.04. The van der Waals surface area contributed by atoms with E-state index in [9.17, 15) is 4.79 Å². The van der Waals surface area contributed by atoms with Crippen LogP contribution in [0.3, 0.4) is 0 Å². The van der Waals surface area contributed by atoms with Crippen LogP contribution in [0.4, 0.5) is 0 Å². The molecule has 0 saturated heterocycles. The summed E-state index contributed by atoms with van der Waals surface area (Å²) in [7, 11) is 0. The molecule has 0 fully saturated rings. The summed E-state index contributed by atoms with van der Waals surface area (Å²) < 4.78 is 14.2. The van der Waals surface area contributed by atoms with Gasteiger partial charge in [0.15, 0.2) is 4.88 Å². The fourth-order valence-corrected chi connectivity index (χ4v) is 2.19. The molecule has 0 atom stereocenters. The summed E-state index contributed by atoms with van der Waals surface area (Å²) in [6.07, 6.45) is 0. The van der Waals surface area contributed by atoms with Crippen molar-refractivity contribution in [3.05, 3.63) is 29.1 Å². The summed E-state index contributed by atoms with van der Waals surface area (Å²) in [6, 6.07) is 7.41. The molecule has 0 aliphatic heterocycles. The zero-order valence-electron chi connectivity index (χ0n) is 10.8. The van der Waals surface area contributed by atoms with E-state index in [0.29, 0.717) is 23.8 Å². The van der Waals surface area contributed by atoms with Gasteiger partial charge in [0.2, 0.25) is 0 Å². The van der Waals surface area contributed by atoms with Gasteiger partial charge in [-0.2, -0.15) is 0 Å². The van der Waals surface area contributed by atoms with Crippen LogP contribution in [0.1, 0.15) is 23.5 Å². The molecule has 0 amide bonds. The highest BCUT2D eigenvalue weighted by Crippen LogP contribution is 2.27. The molecule has 0 aliphatic rings. The van der Waals surface area contributed by atoms with Crippen molar-refractivity contribution in [1.82, 2.24) is 9.59 Å². The molecule has 0 unspecified atom stereocenters. The van der Waals surface area contributed by atoms with Gasteiger partial charge >= 0.3 is 5.97 Å². The zero-order valence-corrected chi connectivity index (χ0v) is 11.6. The van der Waals surface area contributed by atoms with Crippen molar-refractivity contribution in [3.8, 4) is 17.0 Å². The van der Waals surface area contributed by atoms with Crippen molar-refractivity contribution < 1.29 is 14.3 Å². The molecule has 0 bridgehead atoms. The number of benzene rings is 1. The van der Waals surface area contributed by atoms with Crippen LogP contribution in [-0.4, -0.2) is 28.8 Å². The second kappa shape index (κ2) is 6.29.